The number of allylic oxidation sites excluding steroid dienone is 4. The standard InChI is InChI=1S/C42H34NP4/c1-44-30-19-27(20-31(23-30)45-2)42(28-21-32(46-3)24-33(22-28)47(4)5)38-17-11-9-15-34(38)36-25-37-35-16-10-12-18-40(35)43(41(37)26-39(36)42)29-13-7-6-8-14-29/h6-10,12-16,18-26H,1-4,11,17H2,5H3/q+1. The number of benzene rings is 5. The highest BCUT2D eigenvalue weighted by Gasteiger charge is 2.48. The molecule has 8 rings (SSSR count). The van der Waals surface area contributed by atoms with Gasteiger partial charge < -0.3 is 4.57 Å². The van der Waals surface area contributed by atoms with Gasteiger partial charge in [-0.15, -0.1) is 0 Å². The van der Waals surface area contributed by atoms with Gasteiger partial charge in [-0.05, 0) is 113 Å². The van der Waals surface area contributed by atoms with Gasteiger partial charge in [0.2, 0.25) is 0 Å². The van der Waals surface area contributed by atoms with Crippen LogP contribution in [0.4, 0.5) is 0 Å². The van der Waals surface area contributed by atoms with Crippen molar-refractivity contribution in [1.29, 1.82) is 0 Å². The van der Waals surface area contributed by atoms with Crippen LogP contribution in [-0.4, -0.2) is 36.4 Å². The van der Waals surface area contributed by atoms with Crippen LogP contribution in [0.3, 0.4) is 0 Å². The van der Waals surface area contributed by atoms with Crippen molar-refractivity contribution in [2.45, 2.75) is 18.3 Å². The number of aromatic nitrogens is 1. The van der Waals surface area contributed by atoms with Gasteiger partial charge in [0.1, 0.15) is 19.5 Å². The van der Waals surface area contributed by atoms with E-state index >= 15 is 0 Å². The number of hydrogen-bond donors (Lipinski definition) is 0. The Morgan fingerprint density at radius 1 is 0.702 bits per heavy atom. The van der Waals surface area contributed by atoms with Crippen LogP contribution in [0.15, 0.2) is 121 Å². The molecule has 2 aliphatic carbocycles. The first-order valence-corrected chi connectivity index (χ1v) is 21.0. The monoisotopic (exact) mass is 676 g/mol. The van der Waals surface area contributed by atoms with Crippen molar-refractivity contribution in [1.82, 2.24) is 4.57 Å². The van der Waals surface area contributed by atoms with Crippen molar-refractivity contribution in [2.24, 2.45) is 0 Å². The second kappa shape index (κ2) is 11.9. The lowest BCUT2D eigenvalue weighted by atomic mass is 9.65. The van der Waals surface area contributed by atoms with Crippen LogP contribution in [0.2, 0.25) is 0 Å². The number of hydrogen-bond acceptors (Lipinski definition) is 0. The summed E-state index contributed by atoms with van der Waals surface area (Å²) in [4.78, 5) is 0. The summed E-state index contributed by atoms with van der Waals surface area (Å²) >= 11 is 0. The van der Waals surface area contributed by atoms with Crippen LogP contribution in [0.5, 0.6) is 0 Å². The lowest BCUT2D eigenvalue weighted by Gasteiger charge is -2.37. The first kappa shape index (κ1) is 30.4. The molecule has 2 atom stereocenters. The van der Waals surface area contributed by atoms with Crippen LogP contribution < -0.4 is 21.2 Å². The average molecular weight is 677 g/mol. The molecule has 47 heavy (non-hydrogen) atoms. The Morgan fingerprint density at radius 2 is 1.36 bits per heavy atom. The van der Waals surface area contributed by atoms with Crippen LogP contribution in [0.1, 0.15) is 35.1 Å². The molecule has 0 N–H and O–H groups in total. The van der Waals surface area contributed by atoms with Crippen LogP contribution in [-0.2, 0) is 5.41 Å². The molecule has 2 aliphatic rings. The minimum Gasteiger partial charge on any atom is -0.309 e. The van der Waals surface area contributed by atoms with E-state index in [1.54, 1.807) is 0 Å². The summed E-state index contributed by atoms with van der Waals surface area (Å²) in [6, 6.07) is 38.9. The number of nitrogens with zero attached hydrogens (tertiary/aromatic N) is 1. The molecule has 0 amide bonds. The van der Waals surface area contributed by atoms with E-state index in [9.17, 15) is 0 Å². The summed E-state index contributed by atoms with van der Waals surface area (Å²) in [6.45, 7) is 2.26. The van der Waals surface area contributed by atoms with Crippen molar-refractivity contribution >= 4 is 106 Å². The van der Waals surface area contributed by atoms with E-state index in [-0.39, 0.29) is 0 Å². The zero-order chi connectivity index (χ0) is 32.3. The van der Waals surface area contributed by atoms with Gasteiger partial charge in [-0.3, -0.25) is 0 Å². The third-order valence-corrected chi connectivity index (χ3v) is 12.8. The maximum Gasteiger partial charge on any atom is 0.148 e. The van der Waals surface area contributed by atoms with Gasteiger partial charge in [0, 0.05) is 32.4 Å². The van der Waals surface area contributed by atoms with E-state index in [0.29, 0.717) is 0 Å². The molecule has 0 fully saturated rings. The smallest absolute Gasteiger partial charge is 0.148 e. The first-order valence-electron chi connectivity index (χ1n) is 15.8. The summed E-state index contributed by atoms with van der Waals surface area (Å²) in [5, 5.41) is 7.54. The van der Waals surface area contributed by atoms with Crippen molar-refractivity contribution in [3.63, 3.8) is 0 Å². The molecule has 5 heteroatoms. The molecule has 0 bridgehead atoms. The first-order chi connectivity index (χ1) is 23.0. The predicted octanol–water partition coefficient (Wildman–Crippen LogP) is 9.41. The fourth-order valence-electron chi connectivity index (χ4n) is 7.82. The third-order valence-electron chi connectivity index (χ3n) is 9.80. The van der Waals surface area contributed by atoms with E-state index in [0.717, 1.165) is 37.5 Å². The van der Waals surface area contributed by atoms with Crippen LogP contribution >= 0.6 is 32.2 Å². The normalized spacial score (nSPS) is 17.6. The summed E-state index contributed by atoms with van der Waals surface area (Å²) in [5.41, 5.74) is 11.3. The zero-order valence-electron chi connectivity index (χ0n) is 26.4. The van der Waals surface area contributed by atoms with E-state index in [2.05, 4.69) is 152 Å². The predicted molar refractivity (Wildman–Crippen MR) is 219 cm³/mol. The summed E-state index contributed by atoms with van der Waals surface area (Å²) in [5.74, 6) is 0. The topological polar surface area (TPSA) is 4.93 Å². The molecular formula is C42H34NP4+. The summed E-state index contributed by atoms with van der Waals surface area (Å²) in [6.07, 6.45) is 24.2. The van der Waals surface area contributed by atoms with Gasteiger partial charge in [-0.1, -0.05) is 92.1 Å². The Bertz CT molecular complexity index is 2370. The van der Waals surface area contributed by atoms with Crippen LogP contribution in [0, 0.1) is 0 Å². The highest BCUT2D eigenvalue weighted by Crippen LogP contribution is 2.58. The van der Waals surface area contributed by atoms with Gasteiger partial charge in [0.25, 0.3) is 0 Å². The van der Waals surface area contributed by atoms with Crippen molar-refractivity contribution in [3.05, 3.63) is 143 Å². The minimum absolute atomic E-state index is 0.484. The lowest BCUT2D eigenvalue weighted by Crippen LogP contribution is -2.33. The second-order valence-electron chi connectivity index (χ2n) is 12.3. The molecular weight excluding hydrogens is 642 g/mol. The highest BCUT2D eigenvalue weighted by atomic mass is 31.1. The maximum absolute atomic E-state index is 4.53. The largest absolute Gasteiger partial charge is 0.309 e. The van der Waals surface area contributed by atoms with Crippen molar-refractivity contribution < 1.29 is 0 Å². The maximum atomic E-state index is 4.53. The molecule has 1 heterocycles. The Balaban J connectivity index is 1.59. The quantitative estimate of drug-likeness (QED) is 0.149. The van der Waals surface area contributed by atoms with E-state index < -0.39 is 13.0 Å². The fourth-order valence-corrected chi connectivity index (χ4v) is 10.1. The number of fused-ring (bicyclic) bond motifs is 5. The van der Waals surface area contributed by atoms with Gasteiger partial charge in [0.15, 0.2) is 0 Å². The molecule has 1 nitrogen and oxygen atoms in total. The SMILES string of the molecule is C=Pc1cc(P=C)cc(C2(c3cc(P=C)cc([P+](=C)C)c3)C3=C(C=CCC3)c3cc4c5ccccc5n(-c5ccccc5)c4cc32)c1. The van der Waals surface area contributed by atoms with Crippen LogP contribution in [0.25, 0.3) is 33.1 Å². The Kier molecular flexibility index (Phi) is 7.72. The molecule has 0 saturated carbocycles. The van der Waals surface area contributed by atoms with Gasteiger partial charge in [0.05, 0.1) is 22.7 Å². The summed E-state index contributed by atoms with van der Waals surface area (Å²) in [7, 11) is 2.47. The highest BCUT2D eigenvalue weighted by molar-refractivity contribution is 7.63. The molecule has 6 aromatic rings. The van der Waals surface area contributed by atoms with Crippen molar-refractivity contribution in [2.75, 3.05) is 6.66 Å². The zero-order valence-corrected chi connectivity index (χ0v) is 30.0. The lowest BCUT2D eigenvalue weighted by molar-refractivity contribution is 0.699. The van der Waals surface area contributed by atoms with Gasteiger partial charge in [-0.2, -0.15) is 0 Å². The summed E-state index contributed by atoms with van der Waals surface area (Å²) < 4.78 is 2.45. The molecule has 0 spiro atoms. The third kappa shape index (κ3) is 4.68. The molecule has 226 valence electrons. The van der Waals surface area contributed by atoms with E-state index in [1.165, 1.54) is 82.1 Å². The number of para-hydroxylation sites is 2. The Hall–Kier alpha value is -3.94. The Labute approximate surface area is 283 Å². The molecule has 0 radical (unpaired) electrons. The molecule has 0 aliphatic heterocycles. The average Bonchev–Trinajstić information content (AvgIpc) is 3.60. The van der Waals surface area contributed by atoms with Gasteiger partial charge >= 0.3 is 0 Å². The number of rotatable bonds is 7. The molecule has 1 aromatic heterocycles. The van der Waals surface area contributed by atoms with Crippen molar-refractivity contribution in [3.8, 4) is 5.69 Å². The van der Waals surface area contributed by atoms with E-state index in [4.69, 9.17) is 0 Å². The van der Waals surface area contributed by atoms with Gasteiger partial charge in [-0.25, -0.2) is 0 Å². The fraction of sp³-hybridized carbons (Fsp3) is 0.0952. The molecule has 5 aromatic carbocycles. The Morgan fingerprint density at radius 3 is 2.06 bits per heavy atom. The second-order valence-corrected chi connectivity index (χ2v) is 16.7. The molecule has 2 unspecified atom stereocenters. The van der Waals surface area contributed by atoms with E-state index in [1.807, 2.05) is 0 Å². The minimum atomic E-state index is -0.561. The molecule has 0 saturated heterocycles.